The topological polar surface area (TPSA) is 95.2 Å². The minimum Gasteiger partial charge on any atom is -0.329 e. The first kappa shape index (κ1) is 10.6. The molecule has 0 heterocycles. The van der Waals surface area contributed by atoms with Crippen molar-refractivity contribution in [1.29, 1.82) is 0 Å². The van der Waals surface area contributed by atoms with Crippen molar-refractivity contribution < 1.29 is 9.31 Å². The van der Waals surface area contributed by atoms with E-state index in [-0.39, 0.29) is 17.8 Å². The number of halogens is 1. The highest BCUT2D eigenvalue weighted by Gasteiger charge is 2.22. The van der Waals surface area contributed by atoms with Crippen LogP contribution in [-0.4, -0.2) is 11.5 Å². The van der Waals surface area contributed by atoms with Crippen LogP contribution in [0.5, 0.6) is 0 Å². The Bertz CT molecular complexity index is 356. The van der Waals surface area contributed by atoms with Gasteiger partial charge in [0, 0.05) is 12.6 Å². The fraction of sp³-hybridized carbons (Fsp3) is 0.250. The van der Waals surface area contributed by atoms with Gasteiger partial charge in [-0.25, -0.2) is 4.39 Å². The van der Waals surface area contributed by atoms with Crippen LogP contribution in [0.4, 0.5) is 10.1 Å². The molecular weight excluding hydrogens is 189 g/mol. The van der Waals surface area contributed by atoms with Crippen LogP contribution < -0.4 is 11.5 Å². The van der Waals surface area contributed by atoms with Crippen molar-refractivity contribution in [2.24, 2.45) is 11.5 Å². The van der Waals surface area contributed by atoms with E-state index in [1.165, 1.54) is 12.1 Å². The van der Waals surface area contributed by atoms with Gasteiger partial charge in [0.2, 0.25) is 0 Å². The van der Waals surface area contributed by atoms with Crippen molar-refractivity contribution in [1.82, 2.24) is 0 Å². The standard InChI is InChI=1S/C8H10FN3O2/c9-5-2-1-3-7(12(13)14)8(5)6(11)4-10/h1-3,6H,4,10-11H2. The molecule has 0 amide bonds. The number of rotatable bonds is 3. The smallest absolute Gasteiger partial charge is 0.277 e. The lowest BCUT2D eigenvalue weighted by Crippen LogP contribution is -2.23. The van der Waals surface area contributed by atoms with Crippen LogP contribution in [-0.2, 0) is 0 Å². The molecule has 0 aliphatic carbocycles. The Morgan fingerprint density at radius 1 is 1.57 bits per heavy atom. The molecule has 0 saturated heterocycles. The van der Waals surface area contributed by atoms with Crippen molar-refractivity contribution in [2.75, 3.05) is 6.54 Å². The lowest BCUT2D eigenvalue weighted by atomic mass is 10.1. The van der Waals surface area contributed by atoms with E-state index in [4.69, 9.17) is 11.5 Å². The summed E-state index contributed by atoms with van der Waals surface area (Å²) >= 11 is 0. The number of hydrogen-bond donors (Lipinski definition) is 2. The van der Waals surface area contributed by atoms with Gasteiger partial charge in [-0.1, -0.05) is 6.07 Å². The molecule has 1 atom stereocenters. The summed E-state index contributed by atoms with van der Waals surface area (Å²) in [6.07, 6.45) is 0. The predicted molar refractivity (Wildman–Crippen MR) is 49.0 cm³/mol. The summed E-state index contributed by atoms with van der Waals surface area (Å²) in [4.78, 5) is 9.86. The number of benzene rings is 1. The molecule has 14 heavy (non-hydrogen) atoms. The summed E-state index contributed by atoms with van der Waals surface area (Å²) in [5.74, 6) is -0.697. The minimum atomic E-state index is -0.850. The Kier molecular flexibility index (Phi) is 3.10. The molecule has 1 aromatic carbocycles. The molecule has 1 rings (SSSR count). The first-order valence-electron chi connectivity index (χ1n) is 3.96. The lowest BCUT2D eigenvalue weighted by molar-refractivity contribution is -0.385. The van der Waals surface area contributed by atoms with Gasteiger partial charge in [-0.05, 0) is 6.07 Å². The summed E-state index contributed by atoms with van der Waals surface area (Å²) in [5, 5.41) is 10.5. The van der Waals surface area contributed by atoms with Gasteiger partial charge in [0.1, 0.15) is 5.82 Å². The molecule has 0 aromatic heterocycles. The third kappa shape index (κ3) is 1.86. The van der Waals surface area contributed by atoms with Gasteiger partial charge >= 0.3 is 0 Å². The summed E-state index contributed by atoms with van der Waals surface area (Å²) in [5.41, 5.74) is 10.2. The van der Waals surface area contributed by atoms with Crippen LogP contribution in [0.1, 0.15) is 11.6 Å². The van der Waals surface area contributed by atoms with Gasteiger partial charge in [0.15, 0.2) is 0 Å². The van der Waals surface area contributed by atoms with Gasteiger partial charge < -0.3 is 11.5 Å². The number of nitro benzene ring substituents is 1. The molecule has 0 aliphatic rings. The van der Waals surface area contributed by atoms with Crippen LogP contribution in [0.3, 0.4) is 0 Å². The Labute approximate surface area is 79.7 Å². The van der Waals surface area contributed by atoms with Crippen molar-refractivity contribution in [3.8, 4) is 0 Å². The van der Waals surface area contributed by atoms with E-state index >= 15 is 0 Å². The predicted octanol–water partition coefficient (Wildman–Crippen LogP) is 0.692. The second kappa shape index (κ2) is 4.12. The second-order valence-electron chi connectivity index (χ2n) is 2.77. The molecule has 1 unspecified atom stereocenters. The highest BCUT2D eigenvalue weighted by molar-refractivity contribution is 5.43. The first-order valence-corrected chi connectivity index (χ1v) is 3.96. The van der Waals surface area contributed by atoms with E-state index in [0.717, 1.165) is 6.07 Å². The normalized spacial score (nSPS) is 12.5. The number of nitro groups is 1. The molecule has 76 valence electrons. The quantitative estimate of drug-likeness (QED) is 0.553. The number of nitrogens with two attached hydrogens (primary N) is 2. The maximum atomic E-state index is 13.2. The molecule has 0 bridgehead atoms. The van der Waals surface area contributed by atoms with Crippen LogP contribution in [0, 0.1) is 15.9 Å². The highest BCUT2D eigenvalue weighted by Crippen LogP contribution is 2.25. The SMILES string of the molecule is NCC(N)c1c(F)cccc1[N+](=O)[O-]. The molecule has 1 aromatic rings. The van der Waals surface area contributed by atoms with Gasteiger partial charge in [-0.15, -0.1) is 0 Å². The summed E-state index contributed by atoms with van der Waals surface area (Å²) in [6.45, 7) is -0.0399. The Hall–Kier alpha value is -1.53. The second-order valence-corrected chi connectivity index (χ2v) is 2.77. The Balaban J connectivity index is 3.29. The fourth-order valence-corrected chi connectivity index (χ4v) is 1.17. The third-order valence-electron chi connectivity index (χ3n) is 1.85. The first-order chi connectivity index (χ1) is 6.57. The third-order valence-corrected chi connectivity index (χ3v) is 1.85. The van der Waals surface area contributed by atoms with Crippen molar-refractivity contribution in [3.63, 3.8) is 0 Å². The van der Waals surface area contributed by atoms with Crippen LogP contribution in [0.2, 0.25) is 0 Å². The highest BCUT2D eigenvalue weighted by atomic mass is 19.1. The maximum absolute atomic E-state index is 13.2. The average molecular weight is 199 g/mol. The summed E-state index contributed by atoms with van der Waals surface area (Å²) < 4.78 is 13.2. The molecule has 6 heteroatoms. The van der Waals surface area contributed by atoms with E-state index < -0.39 is 16.8 Å². The average Bonchev–Trinajstić information content (AvgIpc) is 2.16. The molecule has 5 nitrogen and oxygen atoms in total. The summed E-state index contributed by atoms with van der Waals surface area (Å²) in [6, 6.07) is 2.74. The molecule has 0 fully saturated rings. The number of hydrogen-bond acceptors (Lipinski definition) is 4. The lowest BCUT2D eigenvalue weighted by Gasteiger charge is -2.09. The van der Waals surface area contributed by atoms with Crippen LogP contribution >= 0.6 is 0 Å². The molecule has 0 spiro atoms. The van der Waals surface area contributed by atoms with E-state index in [9.17, 15) is 14.5 Å². The Morgan fingerprint density at radius 2 is 2.21 bits per heavy atom. The Morgan fingerprint density at radius 3 is 2.71 bits per heavy atom. The zero-order valence-electron chi connectivity index (χ0n) is 7.31. The van der Waals surface area contributed by atoms with E-state index in [1.54, 1.807) is 0 Å². The maximum Gasteiger partial charge on any atom is 0.277 e. The van der Waals surface area contributed by atoms with Crippen molar-refractivity contribution >= 4 is 5.69 Å². The number of nitrogens with zero attached hydrogens (tertiary/aromatic N) is 1. The zero-order valence-corrected chi connectivity index (χ0v) is 7.31. The van der Waals surface area contributed by atoms with Gasteiger partial charge in [-0.3, -0.25) is 10.1 Å². The van der Waals surface area contributed by atoms with Crippen molar-refractivity contribution in [2.45, 2.75) is 6.04 Å². The fourth-order valence-electron chi connectivity index (χ4n) is 1.17. The molecule has 0 aliphatic heterocycles. The molecular formula is C8H10FN3O2. The van der Waals surface area contributed by atoms with Crippen LogP contribution in [0.25, 0.3) is 0 Å². The largest absolute Gasteiger partial charge is 0.329 e. The van der Waals surface area contributed by atoms with Crippen molar-refractivity contribution in [3.05, 3.63) is 39.7 Å². The van der Waals surface area contributed by atoms with E-state index in [1.807, 2.05) is 0 Å². The molecule has 0 saturated carbocycles. The molecule has 4 N–H and O–H groups in total. The minimum absolute atomic E-state index is 0.0399. The summed E-state index contributed by atoms with van der Waals surface area (Å²) in [7, 11) is 0. The van der Waals surface area contributed by atoms with E-state index in [2.05, 4.69) is 0 Å². The van der Waals surface area contributed by atoms with Crippen LogP contribution in [0.15, 0.2) is 18.2 Å². The van der Waals surface area contributed by atoms with Gasteiger partial charge in [0.25, 0.3) is 5.69 Å². The van der Waals surface area contributed by atoms with Gasteiger partial charge in [0.05, 0.1) is 16.5 Å². The monoisotopic (exact) mass is 199 g/mol. The van der Waals surface area contributed by atoms with Gasteiger partial charge in [-0.2, -0.15) is 0 Å². The zero-order chi connectivity index (χ0) is 10.7. The van der Waals surface area contributed by atoms with E-state index in [0.29, 0.717) is 0 Å². The molecule has 0 radical (unpaired) electrons.